The van der Waals surface area contributed by atoms with Gasteiger partial charge >= 0.3 is 0 Å². The van der Waals surface area contributed by atoms with Gasteiger partial charge in [0.25, 0.3) is 5.91 Å². The monoisotopic (exact) mass is 375 g/mol. The summed E-state index contributed by atoms with van der Waals surface area (Å²) in [7, 11) is 0. The number of amides is 1. The zero-order chi connectivity index (χ0) is 19.0. The molecule has 0 radical (unpaired) electrons. The molecular weight excluding hydrogens is 355 g/mol. The number of allylic oxidation sites excluding steroid dienone is 3. The number of nitrogens with one attached hydrogen (secondary N) is 2. The molecule has 1 atom stereocenters. The van der Waals surface area contributed by atoms with E-state index in [0.29, 0.717) is 0 Å². The average molecular weight is 375 g/mol. The fraction of sp³-hybridized carbons (Fsp3) is 0.350. The second kappa shape index (κ2) is 6.79. The van der Waals surface area contributed by atoms with Crippen LogP contribution in [0.15, 0.2) is 54.4 Å². The molecule has 0 aromatic heterocycles. The summed E-state index contributed by atoms with van der Waals surface area (Å²) in [6.45, 7) is 0. The van der Waals surface area contributed by atoms with Gasteiger partial charge in [-0.2, -0.15) is 0 Å². The van der Waals surface area contributed by atoms with Gasteiger partial charge in [-0.15, -0.1) is 0 Å². The molecular formula is C20H20F3N3O. The van der Waals surface area contributed by atoms with Crippen molar-refractivity contribution in [1.29, 1.82) is 0 Å². The normalized spacial score (nSPS) is 24.0. The third kappa shape index (κ3) is 3.59. The van der Waals surface area contributed by atoms with E-state index < -0.39 is 12.1 Å². The molecule has 0 saturated heterocycles. The van der Waals surface area contributed by atoms with E-state index in [4.69, 9.17) is 0 Å². The Kier molecular flexibility index (Phi) is 4.45. The number of nitrogens with zero attached hydrogens (tertiary/aromatic N) is 1. The van der Waals surface area contributed by atoms with E-state index in [1.165, 1.54) is 12.1 Å². The summed E-state index contributed by atoms with van der Waals surface area (Å²) in [4.78, 5) is 14.6. The van der Waals surface area contributed by atoms with Crippen LogP contribution in [0.3, 0.4) is 0 Å². The lowest BCUT2D eigenvalue weighted by molar-refractivity contribution is -0.127. The Morgan fingerprint density at radius 3 is 2.56 bits per heavy atom. The molecule has 4 rings (SSSR count). The SMILES string of the molecule is O=C(NC1CCC(F)(F)CC1)C1NC(c2ccc(F)cc2)=C2C=CC=CN21. The average Bonchev–Trinajstić information content (AvgIpc) is 3.04. The fourth-order valence-corrected chi connectivity index (χ4v) is 3.68. The quantitative estimate of drug-likeness (QED) is 0.850. The molecule has 1 aromatic carbocycles. The van der Waals surface area contributed by atoms with Crippen LogP contribution in [0.4, 0.5) is 13.2 Å². The van der Waals surface area contributed by atoms with Crippen LogP contribution < -0.4 is 10.6 Å². The van der Waals surface area contributed by atoms with Gasteiger partial charge in [-0.3, -0.25) is 4.79 Å². The van der Waals surface area contributed by atoms with Crippen molar-refractivity contribution in [3.63, 3.8) is 0 Å². The predicted molar refractivity (Wildman–Crippen MR) is 95.7 cm³/mol. The van der Waals surface area contributed by atoms with Gasteiger partial charge in [0.1, 0.15) is 5.82 Å². The number of benzene rings is 1. The van der Waals surface area contributed by atoms with E-state index in [9.17, 15) is 18.0 Å². The highest BCUT2D eigenvalue weighted by atomic mass is 19.3. The van der Waals surface area contributed by atoms with E-state index in [1.54, 1.807) is 23.2 Å². The van der Waals surface area contributed by atoms with Gasteiger partial charge in [-0.25, -0.2) is 13.2 Å². The van der Waals surface area contributed by atoms with Crippen molar-refractivity contribution < 1.29 is 18.0 Å². The molecule has 1 aliphatic carbocycles. The summed E-state index contributed by atoms with van der Waals surface area (Å²) in [6, 6.07) is 5.79. The lowest BCUT2D eigenvalue weighted by Gasteiger charge is -2.31. The van der Waals surface area contributed by atoms with Crippen LogP contribution in [0.2, 0.25) is 0 Å². The number of halogens is 3. The van der Waals surface area contributed by atoms with Gasteiger partial charge in [0.05, 0.1) is 11.4 Å². The van der Waals surface area contributed by atoms with Gasteiger partial charge < -0.3 is 15.5 Å². The number of hydrogen-bond acceptors (Lipinski definition) is 3. The largest absolute Gasteiger partial charge is 0.355 e. The number of hydrogen-bond donors (Lipinski definition) is 2. The summed E-state index contributed by atoms with van der Waals surface area (Å²) in [5.74, 6) is -3.22. The highest BCUT2D eigenvalue weighted by Crippen LogP contribution is 2.34. The lowest BCUT2D eigenvalue weighted by Crippen LogP contribution is -2.52. The molecule has 142 valence electrons. The van der Waals surface area contributed by atoms with E-state index in [1.807, 2.05) is 18.2 Å². The second-order valence-corrected chi connectivity index (χ2v) is 7.06. The van der Waals surface area contributed by atoms with Gasteiger partial charge in [-0.1, -0.05) is 6.08 Å². The van der Waals surface area contributed by atoms with Crippen molar-refractivity contribution in [3.8, 4) is 0 Å². The lowest BCUT2D eigenvalue weighted by atomic mass is 9.92. The highest BCUT2D eigenvalue weighted by Gasteiger charge is 2.39. The molecule has 0 spiro atoms. The Hall–Kier alpha value is -2.70. The Bertz CT molecular complexity index is 819. The molecule has 2 heterocycles. The molecule has 0 bridgehead atoms. The minimum absolute atomic E-state index is 0.202. The predicted octanol–water partition coefficient (Wildman–Crippen LogP) is 3.50. The van der Waals surface area contributed by atoms with Crippen molar-refractivity contribution in [3.05, 3.63) is 65.8 Å². The maximum atomic E-state index is 13.3. The standard InChI is InChI=1S/C20H20F3N3O/c21-14-6-4-13(5-7-14)17-16-3-1-2-12-26(16)18(25-17)19(27)24-15-8-10-20(22,23)11-9-15/h1-7,12,15,18,25H,8-11H2,(H,24,27). The van der Waals surface area contributed by atoms with Crippen LogP contribution in [0.25, 0.3) is 5.70 Å². The Labute approximate surface area is 155 Å². The molecule has 1 aromatic rings. The van der Waals surface area contributed by atoms with Crippen LogP contribution in [0, 0.1) is 5.82 Å². The molecule has 2 N–H and O–H groups in total. The Morgan fingerprint density at radius 1 is 1.15 bits per heavy atom. The number of carbonyl (C=O) groups excluding carboxylic acids is 1. The molecule has 3 aliphatic rings. The number of rotatable bonds is 3. The molecule has 1 fully saturated rings. The van der Waals surface area contributed by atoms with Crippen molar-refractivity contribution >= 4 is 11.6 Å². The van der Waals surface area contributed by atoms with Crippen molar-refractivity contribution in [2.24, 2.45) is 0 Å². The zero-order valence-electron chi connectivity index (χ0n) is 14.6. The third-order valence-corrected chi connectivity index (χ3v) is 5.15. The van der Waals surface area contributed by atoms with E-state index in [2.05, 4.69) is 10.6 Å². The molecule has 27 heavy (non-hydrogen) atoms. The third-order valence-electron chi connectivity index (χ3n) is 5.15. The number of fused-ring (bicyclic) bond motifs is 1. The Morgan fingerprint density at radius 2 is 1.85 bits per heavy atom. The first kappa shape index (κ1) is 17.7. The molecule has 7 heteroatoms. The van der Waals surface area contributed by atoms with Gasteiger partial charge in [0, 0.05) is 25.1 Å². The van der Waals surface area contributed by atoms with Gasteiger partial charge in [-0.05, 0) is 54.8 Å². The van der Waals surface area contributed by atoms with Crippen LogP contribution in [0.1, 0.15) is 31.2 Å². The summed E-state index contributed by atoms with van der Waals surface area (Å²) < 4.78 is 39.9. The topological polar surface area (TPSA) is 44.4 Å². The first-order valence-electron chi connectivity index (χ1n) is 9.01. The van der Waals surface area contributed by atoms with Crippen LogP contribution >= 0.6 is 0 Å². The summed E-state index contributed by atoms with van der Waals surface area (Å²) in [5.41, 5.74) is 2.30. The minimum Gasteiger partial charge on any atom is -0.355 e. The maximum Gasteiger partial charge on any atom is 0.264 e. The molecule has 1 saturated carbocycles. The van der Waals surface area contributed by atoms with Crippen LogP contribution in [-0.2, 0) is 4.79 Å². The summed E-state index contributed by atoms with van der Waals surface area (Å²) in [6.07, 6.45) is 6.81. The van der Waals surface area contributed by atoms with Gasteiger partial charge in [0.15, 0.2) is 6.17 Å². The van der Waals surface area contributed by atoms with Crippen LogP contribution in [-0.4, -0.2) is 28.9 Å². The first-order chi connectivity index (χ1) is 12.9. The Balaban J connectivity index is 1.50. The number of alkyl halides is 2. The van der Waals surface area contributed by atoms with Crippen molar-refractivity contribution in [2.75, 3.05) is 0 Å². The summed E-state index contributed by atoms with van der Waals surface area (Å²) >= 11 is 0. The van der Waals surface area contributed by atoms with Gasteiger partial charge in [0.2, 0.25) is 5.92 Å². The first-order valence-corrected chi connectivity index (χ1v) is 9.01. The second-order valence-electron chi connectivity index (χ2n) is 7.06. The van der Waals surface area contributed by atoms with E-state index in [0.717, 1.165) is 17.0 Å². The van der Waals surface area contributed by atoms with Crippen molar-refractivity contribution in [1.82, 2.24) is 15.5 Å². The zero-order valence-corrected chi connectivity index (χ0v) is 14.6. The van der Waals surface area contributed by atoms with E-state index >= 15 is 0 Å². The minimum atomic E-state index is -2.63. The summed E-state index contributed by atoms with van der Waals surface area (Å²) in [5, 5.41) is 6.09. The molecule has 1 amide bonds. The van der Waals surface area contributed by atoms with Crippen LogP contribution in [0.5, 0.6) is 0 Å². The maximum absolute atomic E-state index is 13.3. The van der Waals surface area contributed by atoms with Crippen molar-refractivity contribution in [2.45, 2.75) is 43.8 Å². The number of carbonyl (C=O) groups is 1. The fourth-order valence-electron chi connectivity index (χ4n) is 3.68. The highest BCUT2D eigenvalue weighted by molar-refractivity contribution is 5.87. The smallest absolute Gasteiger partial charge is 0.264 e. The molecule has 2 aliphatic heterocycles. The van der Waals surface area contributed by atoms with E-state index in [-0.39, 0.29) is 43.4 Å². The molecule has 1 unspecified atom stereocenters. The molecule has 4 nitrogen and oxygen atoms in total.